The normalized spacial score (nSPS) is 14.4. The van der Waals surface area contributed by atoms with Gasteiger partial charge in [0.2, 0.25) is 10.0 Å². The lowest BCUT2D eigenvalue weighted by Crippen LogP contribution is -2.54. The van der Waals surface area contributed by atoms with Gasteiger partial charge in [-0.05, 0) is 25.7 Å². The van der Waals surface area contributed by atoms with Gasteiger partial charge in [0, 0.05) is 18.6 Å². The molecule has 0 heterocycles. The summed E-state index contributed by atoms with van der Waals surface area (Å²) in [5, 5.41) is 0. The smallest absolute Gasteiger partial charge is 0.215 e. The molecule has 0 fully saturated rings. The maximum absolute atomic E-state index is 12.4. The Morgan fingerprint density at radius 2 is 1.59 bits per heavy atom. The highest BCUT2D eigenvalue weighted by Crippen LogP contribution is 2.24. The lowest BCUT2D eigenvalue weighted by molar-refractivity contribution is 0.232. The summed E-state index contributed by atoms with van der Waals surface area (Å²) in [7, 11) is -3.26. The number of rotatable bonds is 6. The van der Waals surface area contributed by atoms with Crippen LogP contribution in [0.15, 0.2) is 0 Å². The molecule has 0 aliphatic carbocycles. The van der Waals surface area contributed by atoms with E-state index in [-0.39, 0.29) is 11.2 Å². The Balaban J connectivity index is 5.20. The molecule has 0 spiro atoms. The van der Waals surface area contributed by atoms with Crippen LogP contribution in [0.4, 0.5) is 0 Å². The Labute approximate surface area is 107 Å². The van der Waals surface area contributed by atoms with Crippen LogP contribution in [0, 0.1) is 5.41 Å². The first kappa shape index (κ1) is 16.9. The quantitative estimate of drug-likeness (QED) is 0.796. The highest BCUT2D eigenvalue weighted by molar-refractivity contribution is 7.89. The first-order valence-corrected chi connectivity index (χ1v) is 7.78. The van der Waals surface area contributed by atoms with Crippen LogP contribution in [0.1, 0.15) is 48.0 Å². The van der Waals surface area contributed by atoms with Gasteiger partial charge in [-0.3, -0.25) is 0 Å². The van der Waals surface area contributed by atoms with E-state index in [4.69, 9.17) is 5.73 Å². The van der Waals surface area contributed by atoms with Crippen LogP contribution in [-0.2, 0) is 10.0 Å². The summed E-state index contributed by atoms with van der Waals surface area (Å²) >= 11 is 0. The highest BCUT2D eigenvalue weighted by Gasteiger charge is 2.36. The third-order valence-electron chi connectivity index (χ3n) is 2.55. The number of hydrogen-bond donors (Lipinski definition) is 1. The van der Waals surface area contributed by atoms with E-state index in [1.54, 1.807) is 4.31 Å². The van der Waals surface area contributed by atoms with E-state index in [2.05, 4.69) is 0 Å². The molecule has 0 aromatic carbocycles. The first-order valence-electron chi connectivity index (χ1n) is 6.17. The molecule has 5 heteroatoms. The van der Waals surface area contributed by atoms with Crippen LogP contribution in [0.3, 0.4) is 0 Å². The van der Waals surface area contributed by atoms with Gasteiger partial charge in [-0.1, -0.05) is 27.7 Å². The van der Waals surface area contributed by atoms with Crippen molar-refractivity contribution < 1.29 is 8.42 Å². The number of nitrogens with zero attached hydrogens (tertiary/aromatic N) is 1. The van der Waals surface area contributed by atoms with E-state index in [9.17, 15) is 8.42 Å². The van der Waals surface area contributed by atoms with Crippen LogP contribution in [0.25, 0.3) is 0 Å². The molecule has 2 N–H and O–H groups in total. The fraction of sp³-hybridized carbons (Fsp3) is 1.00. The van der Waals surface area contributed by atoms with Gasteiger partial charge in [-0.15, -0.1) is 0 Å². The van der Waals surface area contributed by atoms with Crippen LogP contribution in [-0.4, -0.2) is 37.1 Å². The van der Waals surface area contributed by atoms with Gasteiger partial charge >= 0.3 is 0 Å². The molecule has 0 aromatic rings. The SMILES string of the molecule is CCCN(C(C)(C)CN)S(=O)(=O)CC(C)(C)C. The van der Waals surface area contributed by atoms with E-state index in [1.807, 2.05) is 41.5 Å². The Kier molecular flexibility index (Phi) is 5.63. The third kappa shape index (κ3) is 5.36. The maximum atomic E-state index is 12.4. The Morgan fingerprint density at radius 3 is 1.88 bits per heavy atom. The molecule has 104 valence electrons. The standard InChI is InChI=1S/C12H28N2O2S/c1-7-8-14(12(5,6)9-13)17(15,16)10-11(2,3)4/h7-10,13H2,1-6H3. The van der Waals surface area contributed by atoms with E-state index in [0.29, 0.717) is 13.1 Å². The van der Waals surface area contributed by atoms with Crippen molar-refractivity contribution in [3.05, 3.63) is 0 Å². The minimum Gasteiger partial charge on any atom is -0.329 e. The predicted octanol–water partition coefficient (Wildman–Crippen LogP) is 1.81. The van der Waals surface area contributed by atoms with E-state index in [0.717, 1.165) is 6.42 Å². The maximum Gasteiger partial charge on any atom is 0.215 e. The van der Waals surface area contributed by atoms with Crippen molar-refractivity contribution in [3.63, 3.8) is 0 Å². The Bertz CT molecular complexity index is 329. The summed E-state index contributed by atoms with van der Waals surface area (Å²) in [5.74, 6) is 0.156. The molecule has 17 heavy (non-hydrogen) atoms. The molecule has 0 saturated heterocycles. The Morgan fingerprint density at radius 1 is 1.12 bits per heavy atom. The summed E-state index contributed by atoms with van der Waals surface area (Å²) in [6.07, 6.45) is 0.798. The molecule has 0 saturated carbocycles. The van der Waals surface area contributed by atoms with Gasteiger partial charge in [-0.2, -0.15) is 4.31 Å². The summed E-state index contributed by atoms with van der Waals surface area (Å²) in [6.45, 7) is 12.4. The molecular formula is C12H28N2O2S. The topological polar surface area (TPSA) is 63.4 Å². The van der Waals surface area contributed by atoms with Crippen molar-refractivity contribution in [3.8, 4) is 0 Å². The minimum atomic E-state index is -3.26. The van der Waals surface area contributed by atoms with Crippen molar-refractivity contribution in [2.75, 3.05) is 18.8 Å². The van der Waals surface area contributed by atoms with Crippen molar-refractivity contribution in [2.24, 2.45) is 11.1 Å². The van der Waals surface area contributed by atoms with Gasteiger partial charge in [0.05, 0.1) is 5.75 Å². The molecule has 0 aromatic heterocycles. The average molecular weight is 264 g/mol. The van der Waals surface area contributed by atoms with Crippen molar-refractivity contribution in [2.45, 2.75) is 53.5 Å². The zero-order valence-corrected chi connectivity index (χ0v) is 12.9. The lowest BCUT2D eigenvalue weighted by atomic mass is 10.0. The fourth-order valence-electron chi connectivity index (χ4n) is 1.75. The second-order valence-corrected chi connectivity index (χ2v) is 8.30. The van der Waals surface area contributed by atoms with Crippen LogP contribution in [0.2, 0.25) is 0 Å². The minimum absolute atomic E-state index is 0.156. The van der Waals surface area contributed by atoms with Gasteiger partial charge in [0.25, 0.3) is 0 Å². The van der Waals surface area contributed by atoms with E-state index >= 15 is 0 Å². The summed E-state index contributed by atoms with van der Waals surface area (Å²) in [6, 6.07) is 0. The number of hydrogen-bond acceptors (Lipinski definition) is 3. The predicted molar refractivity (Wildman–Crippen MR) is 73.4 cm³/mol. The summed E-state index contributed by atoms with van der Waals surface area (Å²) < 4.78 is 26.4. The number of sulfonamides is 1. The van der Waals surface area contributed by atoms with Crippen molar-refractivity contribution in [1.82, 2.24) is 4.31 Å². The van der Waals surface area contributed by atoms with Crippen molar-refractivity contribution >= 4 is 10.0 Å². The molecule has 4 nitrogen and oxygen atoms in total. The highest BCUT2D eigenvalue weighted by atomic mass is 32.2. The zero-order valence-electron chi connectivity index (χ0n) is 12.1. The molecule has 0 amide bonds. The Hall–Kier alpha value is -0.130. The molecule has 0 aliphatic rings. The van der Waals surface area contributed by atoms with E-state index < -0.39 is 15.6 Å². The second kappa shape index (κ2) is 5.67. The van der Waals surface area contributed by atoms with Crippen molar-refractivity contribution in [1.29, 1.82) is 0 Å². The second-order valence-electron chi connectivity index (χ2n) is 6.41. The molecule has 0 radical (unpaired) electrons. The molecule has 0 rings (SSSR count). The average Bonchev–Trinajstić information content (AvgIpc) is 2.09. The van der Waals surface area contributed by atoms with Crippen LogP contribution < -0.4 is 5.73 Å². The third-order valence-corrected chi connectivity index (χ3v) is 5.13. The lowest BCUT2D eigenvalue weighted by Gasteiger charge is -2.38. The number of nitrogens with two attached hydrogens (primary N) is 1. The van der Waals surface area contributed by atoms with Gasteiger partial charge < -0.3 is 5.73 Å². The summed E-state index contributed by atoms with van der Waals surface area (Å²) in [4.78, 5) is 0. The molecule has 0 bridgehead atoms. The molecule has 0 unspecified atom stereocenters. The van der Waals surface area contributed by atoms with Crippen LogP contribution in [0.5, 0.6) is 0 Å². The first-order chi connectivity index (χ1) is 7.46. The van der Waals surface area contributed by atoms with Crippen LogP contribution >= 0.6 is 0 Å². The van der Waals surface area contributed by atoms with Gasteiger partial charge in [0.1, 0.15) is 0 Å². The van der Waals surface area contributed by atoms with Gasteiger partial charge in [-0.25, -0.2) is 8.42 Å². The molecule has 0 aliphatic heterocycles. The molecule has 0 atom stereocenters. The molecular weight excluding hydrogens is 236 g/mol. The van der Waals surface area contributed by atoms with Gasteiger partial charge in [0.15, 0.2) is 0 Å². The largest absolute Gasteiger partial charge is 0.329 e. The fourth-order valence-corrected chi connectivity index (χ4v) is 4.29. The summed E-state index contributed by atoms with van der Waals surface area (Å²) in [5.41, 5.74) is 4.94. The van der Waals surface area contributed by atoms with E-state index in [1.165, 1.54) is 0 Å². The monoisotopic (exact) mass is 264 g/mol. The zero-order chi connectivity index (χ0) is 13.9.